The van der Waals surface area contributed by atoms with E-state index in [1.165, 1.54) is 7.11 Å². The molecule has 5 heteroatoms. The lowest BCUT2D eigenvalue weighted by Crippen LogP contribution is -2.30. The zero-order chi connectivity index (χ0) is 16.1. The monoisotopic (exact) mass is 306 g/mol. The van der Waals surface area contributed by atoms with Gasteiger partial charge in [-0.25, -0.2) is 4.79 Å². The lowest BCUT2D eigenvalue weighted by atomic mass is 9.97. The van der Waals surface area contributed by atoms with E-state index in [9.17, 15) is 9.59 Å². The molecule has 0 spiro atoms. The fourth-order valence-electron chi connectivity index (χ4n) is 2.48. The van der Waals surface area contributed by atoms with Gasteiger partial charge in [-0.1, -0.05) is 25.1 Å². The van der Waals surface area contributed by atoms with Crippen molar-refractivity contribution in [2.24, 2.45) is 5.92 Å². The number of methoxy groups -OCH3 is 2. The summed E-state index contributed by atoms with van der Waals surface area (Å²) in [5, 5.41) is 0. The van der Waals surface area contributed by atoms with Crippen molar-refractivity contribution < 1.29 is 23.8 Å². The van der Waals surface area contributed by atoms with Crippen LogP contribution in [0.1, 0.15) is 37.7 Å². The molecule has 0 heterocycles. The van der Waals surface area contributed by atoms with Crippen LogP contribution in [0.4, 0.5) is 0 Å². The van der Waals surface area contributed by atoms with Crippen molar-refractivity contribution in [1.29, 1.82) is 0 Å². The molecule has 1 aromatic rings. The molecule has 1 aliphatic rings. The fourth-order valence-corrected chi connectivity index (χ4v) is 2.48. The molecular formula is C17H22O5. The molecule has 0 aliphatic heterocycles. The molecular weight excluding hydrogens is 284 g/mol. The third-order valence-electron chi connectivity index (χ3n) is 3.88. The zero-order valence-electron chi connectivity index (χ0n) is 13.2. The molecule has 0 unspecified atom stereocenters. The predicted molar refractivity (Wildman–Crippen MR) is 80.6 cm³/mol. The van der Waals surface area contributed by atoms with E-state index in [4.69, 9.17) is 14.2 Å². The van der Waals surface area contributed by atoms with Crippen LogP contribution in [0.2, 0.25) is 0 Å². The summed E-state index contributed by atoms with van der Waals surface area (Å²) in [4.78, 5) is 23.8. The molecule has 0 N–H and O–H groups in total. The Morgan fingerprint density at radius 2 is 1.91 bits per heavy atom. The molecule has 120 valence electrons. The van der Waals surface area contributed by atoms with Crippen molar-refractivity contribution in [2.75, 3.05) is 14.2 Å². The molecule has 5 nitrogen and oxygen atoms in total. The average molecular weight is 306 g/mol. The second kappa shape index (κ2) is 7.29. The summed E-state index contributed by atoms with van der Waals surface area (Å²) in [5.74, 6) is -0.0601. The van der Waals surface area contributed by atoms with E-state index >= 15 is 0 Å². The van der Waals surface area contributed by atoms with Crippen LogP contribution in [0.15, 0.2) is 24.3 Å². The Morgan fingerprint density at radius 1 is 1.23 bits per heavy atom. The molecule has 2 atom stereocenters. The van der Waals surface area contributed by atoms with Gasteiger partial charge in [-0.05, 0) is 30.4 Å². The van der Waals surface area contributed by atoms with Crippen molar-refractivity contribution in [3.63, 3.8) is 0 Å². The van der Waals surface area contributed by atoms with Gasteiger partial charge in [-0.2, -0.15) is 0 Å². The Balaban J connectivity index is 1.97. The Morgan fingerprint density at radius 3 is 2.50 bits per heavy atom. The maximum Gasteiger partial charge on any atom is 0.347 e. The largest absolute Gasteiger partial charge is 0.496 e. The van der Waals surface area contributed by atoms with Crippen LogP contribution in [0.25, 0.3) is 0 Å². The van der Waals surface area contributed by atoms with Gasteiger partial charge in [0.1, 0.15) is 5.75 Å². The molecule has 1 aromatic carbocycles. The lowest BCUT2D eigenvalue weighted by molar-refractivity contribution is -0.167. The molecule has 2 rings (SSSR count). The minimum absolute atomic E-state index is 0.0545. The van der Waals surface area contributed by atoms with E-state index in [1.807, 2.05) is 31.2 Å². The van der Waals surface area contributed by atoms with Crippen LogP contribution in [0.5, 0.6) is 5.75 Å². The normalized spacial score (nSPS) is 16.5. The van der Waals surface area contributed by atoms with E-state index in [-0.39, 0.29) is 24.2 Å². The number of esters is 2. The average Bonchev–Trinajstić information content (AvgIpc) is 3.36. The molecule has 1 aliphatic carbocycles. The Bertz CT molecular complexity index is 536. The highest BCUT2D eigenvalue weighted by molar-refractivity contribution is 5.80. The fraction of sp³-hybridized carbons (Fsp3) is 0.529. The van der Waals surface area contributed by atoms with Crippen LogP contribution < -0.4 is 4.74 Å². The summed E-state index contributed by atoms with van der Waals surface area (Å²) in [6.45, 7) is 1.93. The van der Waals surface area contributed by atoms with Crippen molar-refractivity contribution in [3.8, 4) is 5.75 Å². The first-order chi connectivity index (χ1) is 10.6. The Kier molecular flexibility index (Phi) is 5.41. The molecule has 1 fully saturated rings. The first-order valence-corrected chi connectivity index (χ1v) is 7.47. The van der Waals surface area contributed by atoms with Crippen LogP contribution in [-0.4, -0.2) is 32.3 Å². The Hall–Kier alpha value is -2.04. The van der Waals surface area contributed by atoms with Crippen LogP contribution in [-0.2, 0) is 19.1 Å². The van der Waals surface area contributed by atoms with E-state index < -0.39 is 12.1 Å². The summed E-state index contributed by atoms with van der Waals surface area (Å²) in [6, 6.07) is 7.57. The molecule has 0 radical (unpaired) electrons. The zero-order valence-corrected chi connectivity index (χ0v) is 13.2. The van der Waals surface area contributed by atoms with Gasteiger partial charge in [-0.15, -0.1) is 0 Å². The topological polar surface area (TPSA) is 61.8 Å². The molecule has 0 amide bonds. The van der Waals surface area contributed by atoms with Gasteiger partial charge in [0.15, 0.2) is 0 Å². The van der Waals surface area contributed by atoms with Gasteiger partial charge in [0.25, 0.3) is 0 Å². The van der Waals surface area contributed by atoms with Crippen molar-refractivity contribution in [2.45, 2.75) is 38.2 Å². The molecule has 22 heavy (non-hydrogen) atoms. The number of carbonyl (C=O) groups is 2. The summed E-state index contributed by atoms with van der Waals surface area (Å²) in [6.07, 6.45) is 1.23. The van der Waals surface area contributed by atoms with Crippen molar-refractivity contribution >= 4 is 11.9 Å². The second-order valence-corrected chi connectivity index (χ2v) is 5.62. The van der Waals surface area contributed by atoms with Gasteiger partial charge >= 0.3 is 11.9 Å². The van der Waals surface area contributed by atoms with Gasteiger partial charge in [0.2, 0.25) is 6.10 Å². The molecule has 0 aromatic heterocycles. The number of para-hydroxylation sites is 1. The Labute approximate surface area is 130 Å². The highest BCUT2D eigenvalue weighted by atomic mass is 16.6. The number of benzene rings is 1. The lowest BCUT2D eigenvalue weighted by Gasteiger charge is -2.18. The van der Waals surface area contributed by atoms with Gasteiger partial charge in [0, 0.05) is 5.92 Å². The van der Waals surface area contributed by atoms with Gasteiger partial charge < -0.3 is 14.2 Å². The molecule has 1 saturated carbocycles. The third-order valence-corrected chi connectivity index (χ3v) is 3.88. The van der Waals surface area contributed by atoms with Gasteiger partial charge in [0.05, 0.1) is 20.6 Å². The summed E-state index contributed by atoms with van der Waals surface area (Å²) in [5.41, 5.74) is 0.947. The highest BCUT2D eigenvalue weighted by Crippen LogP contribution is 2.36. The van der Waals surface area contributed by atoms with E-state index in [2.05, 4.69) is 0 Å². The maximum absolute atomic E-state index is 12.1. The van der Waals surface area contributed by atoms with E-state index in [1.54, 1.807) is 7.11 Å². The summed E-state index contributed by atoms with van der Waals surface area (Å²) < 4.78 is 15.3. The van der Waals surface area contributed by atoms with Crippen molar-refractivity contribution in [3.05, 3.63) is 29.8 Å². The predicted octanol–water partition coefficient (Wildman–Crippen LogP) is 2.68. The number of rotatable bonds is 7. The SMILES string of the molecule is COC(=O)[C@@H](OC(=O)C[C@@H](C)c1ccccc1OC)C1CC1. The second-order valence-electron chi connectivity index (χ2n) is 5.62. The third kappa shape index (κ3) is 4.00. The van der Waals surface area contributed by atoms with Crippen LogP contribution >= 0.6 is 0 Å². The van der Waals surface area contributed by atoms with E-state index in [0.29, 0.717) is 0 Å². The highest BCUT2D eigenvalue weighted by Gasteiger charge is 2.40. The smallest absolute Gasteiger partial charge is 0.347 e. The molecule has 0 bridgehead atoms. The van der Waals surface area contributed by atoms with Gasteiger partial charge in [-0.3, -0.25) is 4.79 Å². The first-order valence-electron chi connectivity index (χ1n) is 7.47. The maximum atomic E-state index is 12.1. The number of carbonyl (C=O) groups excluding carboxylic acids is 2. The summed E-state index contributed by atoms with van der Waals surface area (Å²) in [7, 11) is 2.91. The minimum atomic E-state index is -0.762. The van der Waals surface area contributed by atoms with Crippen LogP contribution in [0.3, 0.4) is 0 Å². The standard InChI is InChI=1S/C17H22O5/c1-11(13-6-4-5-7-14(13)20-2)10-15(18)22-16(12-8-9-12)17(19)21-3/h4-7,11-12,16H,8-10H2,1-3H3/t11-,16+/m1/s1. The molecule has 0 saturated heterocycles. The minimum Gasteiger partial charge on any atom is -0.496 e. The van der Waals surface area contributed by atoms with E-state index in [0.717, 1.165) is 24.2 Å². The number of hydrogen-bond acceptors (Lipinski definition) is 5. The number of hydrogen-bond donors (Lipinski definition) is 0. The summed E-state index contributed by atoms with van der Waals surface area (Å²) >= 11 is 0. The first kappa shape index (κ1) is 16.3. The quantitative estimate of drug-likeness (QED) is 0.725. The van der Waals surface area contributed by atoms with Crippen LogP contribution in [0, 0.1) is 5.92 Å². The number of ether oxygens (including phenoxy) is 3. The van der Waals surface area contributed by atoms with Crippen molar-refractivity contribution in [1.82, 2.24) is 0 Å².